The van der Waals surface area contributed by atoms with E-state index in [9.17, 15) is 0 Å². The van der Waals surface area contributed by atoms with Crippen molar-refractivity contribution in [1.82, 2.24) is 10.2 Å². The Labute approximate surface area is 89.6 Å². The van der Waals surface area contributed by atoms with Crippen molar-refractivity contribution in [3.63, 3.8) is 0 Å². The van der Waals surface area contributed by atoms with E-state index in [1.165, 1.54) is 18.6 Å². The van der Waals surface area contributed by atoms with E-state index in [4.69, 9.17) is 5.73 Å². The van der Waals surface area contributed by atoms with E-state index in [0.717, 1.165) is 10.2 Å². The normalized spacial score (nSPS) is 22.1. The van der Waals surface area contributed by atoms with Gasteiger partial charge in [0, 0.05) is 5.25 Å². The topological polar surface area (TPSA) is 51.8 Å². The number of nitrogens with two attached hydrogens (primary N) is 1. The second kappa shape index (κ2) is 3.84. The van der Waals surface area contributed by atoms with Gasteiger partial charge < -0.3 is 5.73 Å². The molecule has 3 nitrogen and oxygen atoms in total. The maximum absolute atomic E-state index is 5.56. The first-order chi connectivity index (χ1) is 6.27. The highest BCUT2D eigenvalue weighted by molar-refractivity contribution is 9.10. The molecule has 1 aromatic heterocycles. The second-order valence-corrected chi connectivity index (χ2v) is 5.17. The van der Waals surface area contributed by atoms with Crippen molar-refractivity contribution in [2.24, 2.45) is 0 Å². The molecule has 5 heteroatoms. The SMILES string of the molecule is Nc1nnc(C2CCCS2)cc1Br. The van der Waals surface area contributed by atoms with E-state index in [2.05, 4.69) is 26.1 Å². The first-order valence-electron chi connectivity index (χ1n) is 4.17. The molecule has 70 valence electrons. The van der Waals surface area contributed by atoms with Crippen molar-refractivity contribution in [2.75, 3.05) is 11.5 Å². The van der Waals surface area contributed by atoms with Gasteiger partial charge in [0.1, 0.15) is 0 Å². The van der Waals surface area contributed by atoms with Crippen LogP contribution in [0.4, 0.5) is 5.82 Å². The summed E-state index contributed by atoms with van der Waals surface area (Å²) in [6.07, 6.45) is 2.48. The Balaban J connectivity index is 2.25. The summed E-state index contributed by atoms with van der Waals surface area (Å²) in [5, 5.41) is 8.50. The van der Waals surface area contributed by atoms with Crippen LogP contribution in [0.1, 0.15) is 23.8 Å². The summed E-state index contributed by atoms with van der Waals surface area (Å²) in [6.45, 7) is 0. The second-order valence-electron chi connectivity index (χ2n) is 3.00. The average Bonchev–Trinajstić information content (AvgIpc) is 2.62. The third-order valence-electron chi connectivity index (χ3n) is 2.05. The number of hydrogen-bond donors (Lipinski definition) is 1. The Morgan fingerprint density at radius 3 is 3.00 bits per heavy atom. The van der Waals surface area contributed by atoms with Crippen molar-refractivity contribution < 1.29 is 0 Å². The number of halogens is 1. The molecule has 1 saturated heterocycles. The Hall–Kier alpha value is -0.290. The zero-order valence-electron chi connectivity index (χ0n) is 7.03. The molecule has 0 radical (unpaired) electrons. The number of rotatable bonds is 1. The number of thioether (sulfide) groups is 1. The van der Waals surface area contributed by atoms with Crippen LogP contribution >= 0.6 is 27.7 Å². The predicted octanol–water partition coefficient (Wildman–Crippen LogP) is 2.39. The molecule has 1 atom stereocenters. The molecule has 0 amide bonds. The summed E-state index contributed by atoms with van der Waals surface area (Å²) >= 11 is 5.30. The number of aromatic nitrogens is 2. The first-order valence-corrected chi connectivity index (χ1v) is 6.02. The minimum atomic E-state index is 0.465. The first kappa shape index (κ1) is 9.27. The quantitative estimate of drug-likeness (QED) is 0.842. The van der Waals surface area contributed by atoms with E-state index in [1.54, 1.807) is 0 Å². The van der Waals surface area contributed by atoms with Gasteiger partial charge in [0.05, 0.1) is 10.2 Å². The fraction of sp³-hybridized carbons (Fsp3) is 0.500. The summed E-state index contributed by atoms with van der Waals surface area (Å²) in [6, 6.07) is 1.98. The minimum absolute atomic E-state index is 0.465. The third kappa shape index (κ3) is 1.96. The van der Waals surface area contributed by atoms with Crippen LogP contribution in [0.2, 0.25) is 0 Å². The summed E-state index contributed by atoms with van der Waals surface area (Å²) < 4.78 is 0.852. The molecule has 2 N–H and O–H groups in total. The van der Waals surface area contributed by atoms with Gasteiger partial charge in [0.15, 0.2) is 5.82 Å². The van der Waals surface area contributed by atoms with Crippen LogP contribution in [0.5, 0.6) is 0 Å². The fourth-order valence-electron chi connectivity index (χ4n) is 1.36. The highest BCUT2D eigenvalue weighted by atomic mass is 79.9. The van der Waals surface area contributed by atoms with Crippen LogP contribution in [0.15, 0.2) is 10.5 Å². The zero-order valence-corrected chi connectivity index (χ0v) is 9.44. The van der Waals surface area contributed by atoms with Gasteiger partial charge in [-0.1, -0.05) is 0 Å². The van der Waals surface area contributed by atoms with Crippen molar-refractivity contribution in [3.8, 4) is 0 Å². The maximum Gasteiger partial charge on any atom is 0.160 e. The molecule has 0 spiro atoms. The van der Waals surface area contributed by atoms with Crippen LogP contribution in [0.3, 0.4) is 0 Å². The summed E-state index contributed by atoms with van der Waals surface area (Å²) in [7, 11) is 0. The van der Waals surface area contributed by atoms with Gasteiger partial charge in [-0.15, -0.1) is 5.10 Å². The van der Waals surface area contributed by atoms with Crippen LogP contribution in [0, 0.1) is 0 Å². The Morgan fingerprint density at radius 1 is 1.54 bits per heavy atom. The molecule has 1 fully saturated rings. The lowest BCUT2D eigenvalue weighted by molar-refractivity contribution is 0.784. The van der Waals surface area contributed by atoms with Crippen molar-refractivity contribution in [2.45, 2.75) is 18.1 Å². The van der Waals surface area contributed by atoms with E-state index < -0.39 is 0 Å². The summed E-state index contributed by atoms with van der Waals surface area (Å²) in [4.78, 5) is 0. The van der Waals surface area contributed by atoms with Crippen molar-refractivity contribution in [3.05, 3.63) is 16.2 Å². The van der Waals surface area contributed by atoms with E-state index >= 15 is 0 Å². The molecule has 0 aliphatic carbocycles. The number of anilines is 1. The molecule has 2 rings (SSSR count). The van der Waals surface area contributed by atoms with Crippen LogP contribution in [-0.4, -0.2) is 16.0 Å². The molecule has 1 aliphatic rings. The molecule has 0 aromatic carbocycles. The molecule has 1 unspecified atom stereocenters. The molecule has 2 heterocycles. The van der Waals surface area contributed by atoms with Gasteiger partial charge in [-0.3, -0.25) is 0 Å². The summed E-state index contributed by atoms with van der Waals surface area (Å²) in [5.74, 6) is 1.70. The van der Waals surface area contributed by atoms with Gasteiger partial charge >= 0.3 is 0 Å². The number of nitrogen functional groups attached to an aromatic ring is 1. The van der Waals surface area contributed by atoms with Gasteiger partial charge in [0.25, 0.3) is 0 Å². The van der Waals surface area contributed by atoms with Crippen molar-refractivity contribution in [1.29, 1.82) is 0 Å². The van der Waals surface area contributed by atoms with Gasteiger partial charge in [-0.05, 0) is 40.6 Å². The average molecular weight is 260 g/mol. The largest absolute Gasteiger partial charge is 0.381 e. The smallest absolute Gasteiger partial charge is 0.160 e. The molecule has 1 aromatic rings. The van der Waals surface area contributed by atoms with Crippen molar-refractivity contribution >= 4 is 33.5 Å². The predicted molar refractivity (Wildman–Crippen MR) is 58.6 cm³/mol. The highest BCUT2D eigenvalue weighted by Crippen LogP contribution is 2.39. The zero-order chi connectivity index (χ0) is 9.26. The summed E-state index contributed by atoms with van der Waals surface area (Å²) in [5.41, 5.74) is 6.61. The molecular formula is C8H10BrN3S. The highest BCUT2D eigenvalue weighted by Gasteiger charge is 2.19. The van der Waals surface area contributed by atoms with E-state index in [1.807, 2.05) is 17.8 Å². The van der Waals surface area contributed by atoms with Crippen LogP contribution < -0.4 is 5.73 Å². The molecule has 0 saturated carbocycles. The van der Waals surface area contributed by atoms with E-state index in [0.29, 0.717) is 11.1 Å². The Morgan fingerprint density at radius 2 is 2.38 bits per heavy atom. The third-order valence-corrected chi connectivity index (χ3v) is 4.09. The molecule has 13 heavy (non-hydrogen) atoms. The maximum atomic E-state index is 5.56. The number of nitrogens with zero attached hydrogens (tertiary/aromatic N) is 2. The number of hydrogen-bond acceptors (Lipinski definition) is 4. The minimum Gasteiger partial charge on any atom is -0.381 e. The molecule has 1 aliphatic heterocycles. The lowest BCUT2D eigenvalue weighted by atomic mass is 10.2. The standard InChI is InChI=1S/C8H10BrN3S/c9-5-4-6(11-12-8(5)10)7-2-1-3-13-7/h4,7H,1-3H2,(H2,10,12). The van der Waals surface area contributed by atoms with Crippen LogP contribution in [-0.2, 0) is 0 Å². The van der Waals surface area contributed by atoms with E-state index in [-0.39, 0.29) is 0 Å². The van der Waals surface area contributed by atoms with Crippen LogP contribution in [0.25, 0.3) is 0 Å². The van der Waals surface area contributed by atoms with Gasteiger partial charge in [0.2, 0.25) is 0 Å². The molecule has 0 bridgehead atoms. The van der Waals surface area contributed by atoms with Gasteiger partial charge in [-0.25, -0.2) is 0 Å². The molecular weight excluding hydrogens is 250 g/mol. The Kier molecular flexibility index (Phi) is 2.74. The monoisotopic (exact) mass is 259 g/mol. The Bertz CT molecular complexity index is 312. The fourth-order valence-corrected chi connectivity index (χ4v) is 2.91. The lowest BCUT2D eigenvalue weighted by Gasteiger charge is -2.07. The van der Waals surface area contributed by atoms with Gasteiger partial charge in [-0.2, -0.15) is 16.9 Å². The lowest BCUT2D eigenvalue weighted by Crippen LogP contribution is -2.00.